The van der Waals surface area contributed by atoms with Gasteiger partial charge in [0, 0.05) is 25.3 Å². The number of carbonyl (C=O) groups excluding carboxylic acids is 2. The van der Waals surface area contributed by atoms with Crippen LogP contribution in [0.15, 0.2) is 54.6 Å². The molecule has 32 heavy (non-hydrogen) atoms. The summed E-state index contributed by atoms with van der Waals surface area (Å²) in [6, 6.07) is 16.8. The van der Waals surface area contributed by atoms with Crippen LogP contribution < -0.4 is 15.4 Å². The minimum Gasteiger partial charge on any atom is -0.492 e. The van der Waals surface area contributed by atoms with E-state index in [4.69, 9.17) is 4.74 Å². The van der Waals surface area contributed by atoms with Crippen LogP contribution in [0, 0.1) is 5.41 Å². The third-order valence-corrected chi connectivity index (χ3v) is 6.63. The zero-order chi connectivity index (χ0) is 22.6. The lowest BCUT2D eigenvalue weighted by molar-refractivity contribution is -0.120. The van der Waals surface area contributed by atoms with Crippen molar-refractivity contribution >= 4 is 23.3 Å². The number of carbonyl (C=O) groups is 2. The van der Waals surface area contributed by atoms with Crippen molar-refractivity contribution in [3.63, 3.8) is 0 Å². The SMILES string of the molecule is CCOc1ccccc1NC(=O)N1CCC2(CC1)CC(C(=O)Nc1ccccc1)N(C)C2. The standard InChI is InChI=1S/C25H32N4O3/c1-3-32-22-12-8-7-11-20(22)27-24(31)29-15-13-25(14-16-29)17-21(28(2)18-25)23(30)26-19-9-5-4-6-10-19/h4-12,21H,3,13-18H2,1-2H3,(H,26,30)(H,27,31). The van der Waals surface area contributed by atoms with Gasteiger partial charge in [0.15, 0.2) is 0 Å². The maximum atomic E-state index is 12.9. The minimum atomic E-state index is -0.145. The van der Waals surface area contributed by atoms with E-state index in [1.165, 1.54) is 0 Å². The fraction of sp³-hybridized carbons (Fsp3) is 0.440. The van der Waals surface area contributed by atoms with Gasteiger partial charge in [0.05, 0.1) is 18.3 Å². The number of nitrogens with zero attached hydrogens (tertiary/aromatic N) is 2. The van der Waals surface area contributed by atoms with Crippen molar-refractivity contribution in [2.75, 3.05) is 43.9 Å². The first-order valence-electron chi connectivity index (χ1n) is 11.3. The van der Waals surface area contributed by atoms with Crippen LogP contribution in [0.3, 0.4) is 0 Å². The van der Waals surface area contributed by atoms with E-state index < -0.39 is 0 Å². The first-order valence-corrected chi connectivity index (χ1v) is 11.3. The quantitative estimate of drug-likeness (QED) is 0.742. The number of rotatable bonds is 5. The number of hydrogen-bond acceptors (Lipinski definition) is 4. The molecular weight excluding hydrogens is 404 g/mol. The first kappa shape index (κ1) is 22.1. The van der Waals surface area contributed by atoms with Crippen molar-refractivity contribution in [1.29, 1.82) is 0 Å². The third-order valence-electron chi connectivity index (χ3n) is 6.63. The number of likely N-dealkylation sites (N-methyl/N-ethyl adjacent to an activating group) is 1. The van der Waals surface area contributed by atoms with Gasteiger partial charge in [-0.3, -0.25) is 9.69 Å². The summed E-state index contributed by atoms with van der Waals surface area (Å²) in [4.78, 5) is 29.8. The molecule has 3 amide bonds. The molecule has 0 saturated carbocycles. The maximum Gasteiger partial charge on any atom is 0.321 e. The molecule has 1 spiro atoms. The molecule has 4 rings (SSSR count). The van der Waals surface area contributed by atoms with Crippen LogP contribution in [0.5, 0.6) is 5.75 Å². The largest absolute Gasteiger partial charge is 0.492 e. The normalized spacial score (nSPS) is 20.2. The van der Waals surface area contributed by atoms with Gasteiger partial charge in [-0.2, -0.15) is 0 Å². The highest BCUT2D eigenvalue weighted by atomic mass is 16.5. The molecular formula is C25H32N4O3. The van der Waals surface area contributed by atoms with Gasteiger partial charge in [-0.05, 0) is 62.9 Å². The zero-order valence-electron chi connectivity index (χ0n) is 18.8. The van der Waals surface area contributed by atoms with Crippen LogP contribution in [-0.2, 0) is 4.79 Å². The van der Waals surface area contributed by atoms with E-state index in [0.29, 0.717) is 31.1 Å². The van der Waals surface area contributed by atoms with Gasteiger partial charge in [0.2, 0.25) is 5.91 Å². The molecule has 2 aromatic carbocycles. The van der Waals surface area contributed by atoms with E-state index in [1.807, 2.05) is 73.5 Å². The number of amides is 3. The molecule has 2 aliphatic rings. The molecule has 2 N–H and O–H groups in total. The number of ether oxygens (including phenoxy) is 1. The lowest BCUT2D eigenvalue weighted by atomic mass is 9.76. The van der Waals surface area contributed by atoms with Crippen LogP contribution >= 0.6 is 0 Å². The van der Waals surface area contributed by atoms with Gasteiger partial charge in [0.1, 0.15) is 5.75 Å². The van der Waals surface area contributed by atoms with Crippen molar-refractivity contribution in [3.05, 3.63) is 54.6 Å². The second-order valence-corrected chi connectivity index (χ2v) is 8.84. The van der Waals surface area contributed by atoms with E-state index in [1.54, 1.807) is 0 Å². The number of urea groups is 1. The molecule has 2 aromatic rings. The van der Waals surface area contributed by atoms with Gasteiger partial charge in [-0.15, -0.1) is 0 Å². The maximum absolute atomic E-state index is 12.9. The summed E-state index contributed by atoms with van der Waals surface area (Å²) in [5.41, 5.74) is 1.59. The molecule has 2 heterocycles. The van der Waals surface area contributed by atoms with E-state index >= 15 is 0 Å². The molecule has 0 aromatic heterocycles. The Morgan fingerprint density at radius 3 is 2.44 bits per heavy atom. The molecule has 0 bridgehead atoms. The lowest BCUT2D eigenvalue weighted by Gasteiger charge is -2.39. The summed E-state index contributed by atoms with van der Waals surface area (Å²) in [5.74, 6) is 0.727. The van der Waals surface area contributed by atoms with E-state index in [0.717, 1.165) is 31.5 Å². The molecule has 2 fully saturated rings. The van der Waals surface area contributed by atoms with E-state index in [-0.39, 0.29) is 23.4 Å². The summed E-state index contributed by atoms with van der Waals surface area (Å²) >= 11 is 0. The summed E-state index contributed by atoms with van der Waals surface area (Å²) < 4.78 is 5.61. The van der Waals surface area contributed by atoms with Crippen molar-refractivity contribution in [3.8, 4) is 5.75 Å². The molecule has 170 valence electrons. The number of benzene rings is 2. The predicted octanol–water partition coefficient (Wildman–Crippen LogP) is 4.04. The molecule has 1 atom stereocenters. The highest BCUT2D eigenvalue weighted by Gasteiger charge is 2.47. The summed E-state index contributed by atoms with van der Waals surface area (Å²) in [6.45, 7) is 4.72. The van der Waals surface area contributed by atoms with Crippen LogP contribution in [0.1, 0.15) is 26.2 Å². The van der Waals surface area contributed by atoms with E-state index in [9.17, 15) is 9.59 Å². The Balaban J connectivity index is 1.33. The Bertz CT molecular complexity index is 941. The summed E-state index contributed by atoms with van der Waals surface area (Å²) in [6.07, 6.45) is 2.62. The smallest absolute Gasteiger partial charge is 0.321 e. The van der Waals surface area contributed by atoms with Crippen LogP contribution in [-0.4, -0.2) is 61.1 Å². The number of para-hydroxylation sites is 3. The van der Waals surface area contributed by atoms with Crippen molar-refractivity contribution in [1.82, 2.24) is 9.80 Å². The summed E-state index contributed by atoms with van der Waals surface area (Å²) in [5, 5.41) is 6.03. The van der Waals surface area contributed by atoms with Gasteiger partial charge in [0.25, 0.3) is 0 Å². The fourth-order valence-corrected chi connectivity index (χ4v) is 4.90. The van der Waals surface area contributed by atoms with Gasteiger partial charge < -0.3 is 20.3 Å². The lowest BCUT2D eigenvalue weighted by Crippen LogP contribution is -2.45. The van der Waals surface area contributed by atoms with Crippen LogP contribution in [0.4, 0.5) is 16.2 Å². The zero-order valence-corrected chi connectivity index (χ0v) is 18.8. The molecule has 1 unspecified atom stereocenters. The number of hydrogen-bond donors (Lipinski definition) is 2. The van der Waals surface area contributed by atoms with Crippen LogP contribution in [0.2, 0.25) is 0 Å². The molecule has 2 aliphatic heterocycles. The average molecular weight is 437 g/mol. The first-order chi connectivity index (χ1) is 15.5. The van der Waals surface area contributed by atoms with Gasteiger partial charge >= 0.3 is 6.03 Å². The summed E-state index contributed by atoms with van der Waals surface area (Å²) in [7, 11) is 2.02. The van der Waals surface area contributed by atoms with E-state index in [2.05, 4.69) is 15.5 Å². The van der Waals surface area contributed by atoms with Gasteiger partial charge in [-0.25, -0.2) is 4.79 Å². The second-order valence-electron chi connectivity index (χ2n) is 8.84. The van der Waals surface area contributed by atoms with Crippen molar-refractivity contribution in [2.24, 2.45) is 5.41 Å². The van der Waals surface area contributed by atoms with Crippen molar-refractivity contribution < 1.29 is 14.3 Å². The highest BCUT2D eigenvalue weighted by molar-refractivity contribution is 5.95. The van der Waals surface area contributed by atoms with Crippen molar-refractivity contribution in [2.45, 2.75) is 32.2 Å². The Kier molecular flexibility index (Phi) is 6.65. The number of anilines is 2. The third kappa shape index (κ3) is 4.88. The Morgan fingerprint density at radius 1 is 1.03 bits per heavy atom. The number of likely N-dealkylation sites (tertiary alicyclic amines) is 2. The molecule has 7 nitrogen and oxygen atoms in total. The topological polar surface area (TPSA) is 73.9 Å². The Morgan fingerprint density at radius 2 is 1.72 bits per heavy atom. The highest BCUT2D eigenvalue weighted by Crippen LogP contribution is 2.43. The number of nitrogens with one attached hydrogen (secondary N) is 2. The Labute approximate surface area is 189 Å². The Hall–Kier alpha value is -3.06. The second kappa shape index (κ2) is 9.61. The number of piperidine rings is 1. The van der Waals surface area contributed by atoms with Crippen LogP contribution in [0.25, 0.3) is 0 Å². The molecule has 2 saturated heterocycles. The fourth-order valence-electron chi connectivity index (χ4n) is 4.90. The van der Waals surface area contributed by atoms with Gasteiger partial charge in [-0.1, -0.05) is 30.3 Å². The average Bonchev–Trinajstić information content (AvgIpc) is 3.12. The minimum absolute atomic E-state index is 0.0447. The molecule has 0 aliphatic carbocycles. The monoisotopic (exact) mass is 436 g/mol. The molecule has 7 heteroatoms. The molecule has 0 radical (unpaired) electrons. The predicted molar refractivity (Wildman–Crippen MR) is 126 cm³/mol.